The van der Waals surface area contributed by atoms with Gasteiger partial charge in [0, 0.05) is 25.4 Å². The zero-order valence-electron chi connectivity index (χ0n) is 8.20. The van der Waals surface area contributed by atoms with Crippen LogP contribution in [0.2, 0.25) is 0 Å². The first-order valence-electron chi connectivity index (χ1n) is 5.13. The predicted octanol–water partition coefficient (Wildman–Crippen LogP) is -0.135. The molecule has 0 aliphatic carbocycles. The van der Waals surface area contributed by atoms with Gasteiger partial charge in [0.1, 0.15) is 0 Å². The zero-order valence-corrected chi connectivity index (χ0v) is 8.20. The van der Waals surface area contributed by atoms with Crippen molar-refractivity contribution in [2.45, 2.75) is 31.7 Å². The van der Waals surface area contributed by atoms with Crippen molar-refractivity contribution in [3.8, 4) is 0 Å². The molecule has 14 heavy (non-hydrogen) atoms. The van der Waals surface area contributed by atoms with Crippen LogP contribution in [0, 0.1) is 0 Å². The van der Waals surface area contributed by atoms with Gasteiger partial charge in [0.2, 0.25) is 5.89 Å². The number of rotatable bonds is 4. The number of hydrogen-bond acceptors (Lipinski definition) is 5. The van der Waals surface area contributed by atoms with E-state index in [1.54, 1.807) is 0 Å². The summed E-state index contributed by atoms with van der Waals surface area (Å²) >= 11 is 0. The van der Waals surface area contributed by atoms with Crippen LogP contribution in [0.1, 0.15) is 24.6 Å². The molecule has 1 atom stereocenters. The maximum absolute atomic E-state index is 5.39. The lowest BCUT2D eigenvalue weighted by molar-refractivity contribution is 0.372. The van der Waals surface area contributed by atoms with Crippen molar-refractivity contribution in [3.05, 3.63) is 11.7 Å². The van der Waals surface area contributed by atoms with Crippen LogP contribution in [0.15, 0.2) is 4.52 Å². The Kier molecular flexibility index (Phi) is 3.10. The second-order valence-corrected chi connectivity index (χ2v) is 3.64. The fraction of sp³-hybridized carbons (Fsp3) is 0.778. The third kappa shape index (κ3) is 2.30. The van der Waals surface area contributed by atoms with Crippen molar-refractivity contribution < 1.29 is 4.52 Å². The van der Waals surface area contributed by atoms with E-state index in [1.807, 2.05) is 0 Å². The van der Waals surface area contributed by atoms with E-state index in [2.05, 4.69) is 15.5 Å². The summed E-state index contributed by atoms with van der Waals surface area (Å²) in [6, 6.07) is 0.526. The largest absolute Gasteiger partial charge is 0.339 e. The normalized spacial score (nSPS) is 21.6. The summed E-state index contributed by atoms with van der Waals surface area (Å²) in [4.78, 5) is 4.27. The fourth-order valence-electron chi connectivity index (χ4n) is 1.75. The van der Waals surface area contributed by atoms with E-state index in [9.17, 15) is 0 Å². The van der Waals surface area contributed by atoms with Crippen molar-refractivity contribution in [1.82, 2.24) is 15.5 Å². The molecule has 1 aliphatic rings. The molecule has 2 heterocycles. The minimum atomic E-state index is 0.526. The van der Waals surface area contributed by atoms with Gasteiger partial charge in [-0.05, 0) is 19.4 Å². The van der Waals surface area contributed by atoms with Crippen LogP contribution >= 0.6 is 0 Å². The quantitative estimate of drug-likeness (QED) is 0.701. The Balaban J connectivity index is 1.88. The summed E-state index contributed by atoms with van der Waals surface area (Å²) < 4.78 is 5.05. The highest BCUT2D eigenvalue weighted by atomic mass is 16.5. The highest BCUT2D eigenvalue weighted by Crippen LogP contribution is 2.10. The molecule has 2 rings (SSSR count). The first kappa shape index (κ1) is 9.61. The van der Waals surface area contributed by atoms with Gasteiger partial charge in [-0.25, -0.2) is 0 Å². The van der Waals surface area contributed by atoms with Gasteiger partial charge in [-0.2, -0.15) is 4.98 Å². The lowest BCUT2D eigenvalue weighted by Crippen LogP contribution is -2.24. The monoisotopic (exact) mass is 196 g/mol. The van der Waals surface area contributed by atoms with Gasteiger partial charge in [-0.3, -0.25) is 0 Å². The first-order valence-corrected chi connectivity index (χ1v) is 5.13. The standard InChI is InChI=1S/C9H16N4O/c10-4-3-9-12-8(13-14-9)6-7-2-1-5-11-7/h7,11H,1-6,10H2. The molecule has 1 aromatic heterocycles. The number of nitrogens with two attached hydrogens (primary N) is 1. The average molecular weight is 196 g/mol. The van der Waals surface area contributed by atoms with Crippen LogP contribution in [0.25, 0.3) is 0 Å². The molecule has 3 N–H and O–H groups in total. The van der Waals surface area contributed by atoms with E-state index >= 15 is 0 Å². The van der Waals surface area contributed by atoms with E-state index in [-0.39, 0.29) is 0 Å². The Morgan fingerprint density at radius 2 is 2.50 bits per heavy atom. The summed E-state index contributed by atoms with van der Waals surface area (Å²) in [6.07, 6.45) is 4.00. The zero-order chi connectivity index (χ0) is 9.80. The average Bonchev–Trinajstić information content (AvgIpc) is 2.79. The molecule has 0 aromatic carbocycles. The van der Waals surface area contributed by atoms with Crippen molar-refractivity contribution >= 4 is 0 Å². The lowest BCUT2D eigenvalue weighted by atomic mass is 10.1. The number of nitrogens with one attached hydrogen (secondary N) is 1. The molecule has 0 amide bonds. The Labute approximate surface area is 83.1 Å². The molecule has 5 heteroatoms. The van der Waals surface area contributed by atoms with Gasteiger partial charge in [0.25, 0.3) is 0 Å². The molecule has 0 saturated carbocycles. The molecule has 1 saturated heterocycles. The second kappa shape index (κ2) is 4.52. The van der Waals surface area contributed by atoms with Crippen molar-refractivity contribution in [1.29, 1.82) is 0 Å². The molecule has 1 aliphatic heterocycles. The summed E-state index contributed by atoms with van der Waals surface area (Å²) in [6.45, 7) is 1.67. The second-order valence-electron chi connectivity index (χ2n) is 3.64. The summed E-state index contributed by atoms with van der Waals surface area (Å²) in [5, 5.41) is 7.32. The molecule has 1 fully saturated rings. The highest BCUT2D eigenvalue weighted by Gasteiger charge is 2.17. The molecule has 1 aromatic rings. The topological polar surface area (TPSA) is 77.0 Å². The van der Waals surface area contributed by atoms with Crippen molar-refractivity contribution in [2.24, 2.45) is 5.73 Å². The first-order chi connectivity index (χ1) is 6.88. The lowest BCUT2D eigenvalue weighted by Gasteiger charge is -2.04. The van der Waals surface area contributed by atoms with Crippen LogP contribution in [0.4, 0.5) is 0 Å². The molecule has 0 spiro atoms. The van der Waals surface area contributed by atoms with Crippen LogP contribution in [-0.4, -0.2) is 29.3 Å². The molecule has 5 nitrogen and oxygen atoms in total. The number of nitrogens with zero attached hydrogens (tertiary/aromatic N) is 2. The van der Waals surface area contributed by atoms with Gasteiger partial charge in [0.05, 0.1) is 0 Å². The summed E-state index contributed by atoms with van der Waals surface area (Å²) in [5.41, 5.74) is 5.39. The van der Waals surface area contributed by atoms with Gasteiger partial charge < -0.3 is 15.6 Å². The predicted molar refractivity (Wildman–Crippen MR) is 51.8 cm³/mol. The van der Waals surface area contributed by atoms with E-state index in [4.69, 9.17) is 10.3 Å². The third-order valence-electron chi connectivity index (χ3n) is 2.46. The van der Waals surface area contributed by atoms with Gasteiger partial charge in [0.15, 0.2) is 5.82 Å². The summed E-state index contributed by atoms with van der Waals surface area (Å²) in [5.74, 6) is 1.45. The Hall–Kier alpha value is -0.940. The number of hydrogen-bond donors (Lipinski definition) is 2. The Morgan fingerprint density at radius 3 is 3.21 bits per heavy atom. The van der Waals surface area contributed by atoms with Gasteiger partial charge in [-0.1, -0.05) is 5.16 Å². The van der Waals surface area contributed by atoms with E-state index in [1.165, 1.54) is 12.8 Å². The van der Waals surface area contributed by atoms with E-state index < -0.39 is 0 Å². The molecule has 0 radical (unpaired) electrons. The molecule has 0 bridgehead atoms. The summed E-state index contributed by atoms with van der Waals surface area (Å²) in [7, 11) is 0. The van der Waals surface area contributed by atoms with Gasteiger partial charge in [-0.15, -0.1) is 0 Å². The molecular weight excluding hydrogens is 180 g/mol. The molecule has 78 valence electrons. The minimum absolute atomic E-state index is 0.526. The maximum Gasteiger partial charge on any atom is 0.227 e. The van der Waals surface area contributed by atoms with Gasteiger partial charge >= 0.3 is 0 Å². The molecule has 1 unspecified atom stereocenters. The third-order valence-corrected chi connectivity index (χ3v) is 2.46. The smallest absolute Gasteiger partial charge is 0.227 e. The SMILES string of the molecule is NCCc1nc(CC2CCCN2)no1. The van der Waals surface area contributed by atoms with E-state index in [0.717, 1.165) is 18.8 Å². The fourth-order valence-corrected chi connectivity index (χ4v) is 1.75. The van der Waals surface area contributed by atoms with E-state index in [0.29, 0.717) is 24.9 Å². The van der Waals surface area contributed by atoms with Crippen molar-refractivity contribution in [3.63, 3.8) is 0 Å². The van der Waals surface area contributed by atoms with Crippen LogP contribution in [0.5, 0.6) is 0 Å². The van der Waals surface area contributed by atoms with Crippen LogP contribution in [0.3, 0.4) is 0 Å². The Bertz CT molecular complexity index is 280. The van der Waals surface area contributed by atoms with Crippen LogP contribution < -0.4 is 11.1 Å². The minimum Gasteiger partial charge on any atom is -0.339 e. The molecular formula is C9H16N4O. The Morgan fingerprint density at radius 1 is 1.57 bits per heavy atom. The van der Waals surface area contributed by atoms with Crippen LogP contribution in [-0.2, 0) is 12.8 Å². The van der Waals surface area contributed by atoms with Crippen molar-refractivity contribution in [2.75, 3.05) is 13.1 Å². The maximum atomic E-state index is 5.39. The highest BCUT2D eigenvalue weighted by molar-refractivity contribution is 4.92. The number of aromatic nitrogens is 2.